The summed E-state index contributed by atoms with van der Waals surface area (Å²) in [6, 6.07) is 10.2. The molecule has 5 saturated carbocycles. The highest BCUT2D eigenvalue weighted by Gasteiger charge is 2.48. The standard InChI is InChI=1S/C27H37N.ClH/c1-2-28(26-8-4-3-5-9-26)14-6-7-20-10-12-23(13-11-20)27-24-16-21-15-22(18-24)19-25(27)17-21;/h10-13,21-22,24-27H,2-5,8-9,14-19H2,1H3;1H. The van der Waals surface area contributed by atoms with Crippen molar-refractivity contribution in [3.63, 3.8) is 0 Å². The van der Waals surface area contributed by atoms with Gasteiger partial charge in [0.1, 0.15) is 0 Å². The lowest BCUT2D eigenvalue weighted by molar-refractivity contribution is -0.00277. The van der Waals surface area contributed by atoms with Gasteiger partial charge in [0, 0.05) is 11.6 Å². The van der Waals surface area contributed by atoms with Crippen LogP contribution < -0.4 is 0 Å². The second-order valence-corrected chi connectivity index (χ2v) is 10.2. The van der Waals surface area contributed by atoms with Gasteiger partial charge in [-0.2, -0.15) is 0 Å². The first-order valence-corrected chi connectivity index (χ1v) is 12.1. The summed E-state index contributed by atoms with van der Waals surface area (Å²) < 4.78 is 0. The van der Waals surface area contributed by atoms with E-state index in [-0.39, 0.29) is 12.4 Å². The molecule has 1 aromatic rings. The van der Waals surface area contributed by atoms with Gasteiger partial charge < -0.3 is 0 Å². The molecule has 0 spiro atoms. The molecule has 2 heteroatoms. The van der Waals surface area contributed by atoms with Crippen molar-refractivity contribution in [3.05, 3.63) is 35.4 Å². The fraction of sp³-hybridized carbons (Fsp3) is 0.704. The molecular weight excluding hydrogens is 374 g/mol. The Hall–Kier alpha value is -0.970. The molecular formula is C27H38ClN. The number of hydrogen-bond acceptors (Lipinski definition) is 1. The van der Waals surface area contributed by atoms with Crippen LogP contribution in [-0.2, 0) is 0 Å². The first kappa shape index (κ1) is 21.3. The van der Waals surface area contributed by atoms with E-state index in [9.17, 15) is 0 Å². The van der Waals surface area contributed by atoms with Crippen molar-refractivity contribution < 1.29 is 0 Å². The van der Waals surface area contributed by atoms with Crippen molar-refractivity contribution in [3.8, 4) is 11.8 Å². The van der Waals surface area contributed by atoms with Crippen molar-refractivity contribution in [2.75, 3.05) is 13.1 Å². The van der Waals surface area contributed by atoms with E-state index in [4.69, 9.17) is 0 Å². The second kappa shape index (κ2) is 9.45. The van der Waals surface area contributed by atoms with E-state index in [2.05, 4.69) is 47.9 Å². The maximum Gasteiger partial charge on any atom is 0.0607 e. The van der Waals surface area contributed by atoms with Gasteiger partial charge in [0.15, 0.2) is 0 Å². The number of hydrogen-bond donors (Lipinski definition) is 0. The van der Waals surface area contributed by atoms with E-state index in [1.54, 1.807) is 12.0 Å². The normalized spacial score (nSPS) is 33.2. The van der Waals surface area contributed by atoms with Crippen LogP contribution in [0.3, 0.4) is 0 Å². The van der Waals surface area contributed by atoms with Crippen molar-refractivity contribution in [2.45, 2.75) is 83.1 Å². The molecule has 0 saturated heterocycles. The molecule has 0 aliphatic heterocycles. The number of benzene rings is 1. The third kappa shape index (κ3) is 4.55. The summed E-state index contributed by atoms with van der Waals surface area (Å²) in [5.41, 5.74) is 2.81. The van der Waals surface area contributed by atoms with Crippen molar-refractivity contribution in [2.24, 2.45) is 23.7 Å². The fourth-order valence-electron chi connectivity index (χ4n) is 7.45. The fourth-order valence-corrected chi connectivity index (χ4v) is 7.45. The van der Waals surface area contributed by atoms with Gasteiger partial charge in [0.05, 0.1) is 6.54 Å². The highest BCUT2D eigenvalue weighted by Crippen LogP contribution is 2.59. The van der Waals surface area contributed by atoms with Crippen molar-refractivity contribution in [1.29, 1.82) is 0 Å². The topological polar surface area (TPSA) is 3.24 Å². The van der Waals surface area contributed by atoms with Crippen molar-refractivity contribution >= 4 is 12.4 Å². The molecule has 0 unspecified atom stereocenters. The predicted octanol–water partition coefficient (Wildman–Crippen LogP) is 6.65. The Kier molecular flexibility index (Phi) is 6.93. The summed E-state index contributed by atoms with van der Waals surface area (Å²) in [5, 5.41) is 0. The van der Waals surface area contributed by atoms with Crippen LogP contribution in [0.2, 0.25) is 0 Å². The quantitative estimate of drug-likeness (QED) is 0.501. The van der Waals surface area contributed by atoms with Crippen molar-refractivity contribution in [1.82, 2.24) is 4.90 Å². The van der Waals surface area contributed by atoms with Crippen LogP contribution in [0.25, 0.3) is 0 Å². The van der Waals surface area contributed by atoms with Gasteiger partial charge in [0.2, 0.25) is 0 Å². The lowest BCUT2D eigenvalue weighted by Gasteiger charge is -2.54. The van der Waals surface area contributed by atoms with Gasteiger partial charge in [-0.1, -0.05) is 50.2 Å². The zero-order chi connectivity index (χ0) is 18.9. The molecule has 0 radical (unpaired) electrons. The molecule has 5 aliphatic rings. The molecule has 0 heterocycles. The maximum atomic E-state index is 3.48. The van der Waals surface area contributed by atoms with Crippen LogP contribution in [0, 0.1) is 35.5 Å². The van der Waals surface area contributed by atoms with E-state index in [1.807, 2.05) is 0 Å². The second-order valence-electron chi connectivity index (χ2n) is 10.2. The molecule has 4 bridgehead atoms. The molecule has 6 rings (SSSR count). The van der Waals surface area contributed by atoms with Crippen LogP contribution in [0.15, 0.2) is 24.3 Å². The Morgan fingerprint density at radius 1 is 0.862 bits per heavy atom. The summed E-state index contributed by atoms with van der Waals surface area (Å²) in [4.78, 5) is 2.59. The summed E-state index contributed by atoms with van der Waals surface area (Å²) in [7, 11) is 0. The average molecular weight is 412 g/mol. The molecule has 1 aromatic carbocycles. The molecule has 0 amide bonds. The molecule has 1 nitrogen and oxygen atoms in total. The molecule has 0 aromatic heterocycles. The molecule has 5 aliphatic carbocycles. The highest BCUT2D eigenvalue weighted by molar-refractivity contribution is 5.85. The van der Waals surface area contributed by atoms with Gasteiger partial charge in [-0.15, -0.1) is 12.4 Å². The lowest BCUT2D eigenvalue weighted by Crippen LogP contribution is -2.43. The van der Waals surface area contributed by atoms with Crippen LogP contribution >= 0.6 is 12.4 Å². The maximum absolute atomic E-state index is 3.48. The van der Waals surface area contributed by atoms with Gasteiger partial charge in [-0.25, -0.2) is 0 Å². The summed E-state index contributed by atoms with van der Waals surface area (Å²) >= 11 is 0. The predicted molar refractivity (Wildman–Crippen MR) is 124 cm³/mol. The zero-order valence-electron chi connectivity index (χ0n) is 18.1. The summed E-state index contributed by atoms with van der Waals surface area (Å²) in [5.74, 6) is 11.8. The minimum atomic E-state index is 0. The Morgan fingerprint density at radius 3 is 2.07 bits per heavy atom. The number of halogens is 1. The van der Waals surface area contributed by atoms with E-state index >= 15 is 0 Å². The summed E-state index contributed by atoms with van der Waals surface area (Å²) in [6.07, 6.45) is 14.5. The van der Waals surface area contributed by atoms with E-state index < -0.39 is 0 Å². The average Bonchev–Trinajstić information content (AvgIpc) is 2.72. The van der Waals surface area contributed by atoms with Crippen LogP contribution in [0.5, 0.6) is 0 Å². The lowest BCUT2D eigenvalue weighted by atomic mass is 9.51. The van der Waals surface area contributed by atoms with Crippen LogP contribution in [0.1, 0.15) is 88.2 Å². The van der Waals surface area contributed by atoms with Gasteiger partial charge in [-0.3, -0.25) is 4.90 Å². The Balaban J connectivity index is 0.00000205. The van der Waals surface area contributed by atoms with Crippen LogP contribution in [0.4, 0.5) is 0 Å². The first-order chi connectivity index (χ1) is 13.8. The minimum Gasteiger partial charge on any atom is -0.290 e. The monoisotopic (exact) mass is 411 g/mol. The molecule has 158 valence electrons. The molecule has 5 fully saturated rings. The molecule has 29 heavy (non-hydrogen) atoms. The minimum absolute atomic E-state index is 0. The zero-order valence-corrected chi connectivity index (χ0v) is 18.9. The SMILES string of the molecule is CCN(CC#Cc1ccc(C2C3CC4CC(C3)CC2C4)cc1)C1CCCCC1.Cl. The third-order valence-corrected chi connectivity index (χ3v) is 8.53. The highest BCUT2D eigenvalue weighted by atomic mass is 35.5. The van der Waals surface area contributed by atoms with Gasteiger partial charge in [-0.05, 0) is 98.8 Å². The van der Waals surface area contributed by atoms with Crippen LogP contribution in [-0.4, -0.2) is 24.0 Å². The Bertz CT molecular complexity index is 693. The van der Waals surface area contributed by atoms with E-state index in [0.717, 1.165) is 48.7 Å². The first-order valence-electron chi connectivity index (χ1n) is 12.1. The molecule has 0 atom stereocenters. The third-order valence-electron chi connectivity index (χ3n) is 8.53. The summed E-state index contributed by atoms with van der Waals surface area (Å²) in [6.45, 7) is 4.35. The Morgan fingerprint density at radius 2 is 1.48 bits per heavy atom. The number of rotatable bonds is 4. The largest absolute Gasteiger partial charge is 0.290 e. The van der Waals surface area contributed by atoms with Gasteiger partial charge >= 0.3 is 0 Å². The van der Waals surface area contributed by atoms with E-state index in [0.29, 0.717) is 0 Å². The molecule has 0 N–H and O–H groups in total. The van der Waals surface area contributed by atoms with E-state index in [1.165, 1.54) is 63.4 Å². The Labute approximate surface area is 184 Å². The number of nitrogens with zero attached hydrogens (tertiary/aromatic N) is 1. The smallest absolute Gasteiger partial charge is 0.0607 e. The van der Waals surface area contributed by atoms with Gasteiger partial charge in [0.25, 0.3) is 0 Å².